The van der Waals surface area contributed by atoms with Gasteiger partial charge in [0.25, 0.3) is 0 Å². The van der Waals surface area contributed by atoms with Gasteiger partial charge in [0.1, 0.15) is 12.5 Å². The highest BCUT2D eigenvalue weighted by Gasteiger charge is 2.02. The second kappa shape index (κ2) is 3.42. The molecule has 0 fully saturated rings. The van der Waals surface area contributed by atoms with Crippen LogP contribution in [0.4, 0.5) is 0 Å². The highest BCUT2D eigenvalue weighted by atomic mass is 16.5. The van der Waals surface area contributed by atoms with Crippen molar-refractivity contribution in [3.8, 4) is 0 Å². The molecule has 0 aromatic heterocycles. The molecule has 0 aromatic carbocycles. The molecule has 0 radical (unpaired) electrons. The topological polar surface area (TPSA) is 35.2 Å². The first kappa shape index (κ1) is 7.35. The Hall–Kier alpha value is -0.760. The Morgan fingerprint density at radius 2 is 2.60 bits per heavy atom. The summed E-state index contributed by atoms with van der Waals surface area (Å²) in [5, 5.41) is 0. The molecule has 2 heteroatoms. The molecule has 0 aliphatic heterocycles. The minimum absolute atomic E-state index is 0.268. The normalized spacial score (nSPS) is 24.2. The van der Waals surface area contributed by atoms with Gasteiger partial charge in [0.05, 0.1) is 0 Å². The Morgan fingerprint density at radius 1 is 1.80 bits per heavy atom. The lowest BCUT2D eigenvalue weighted by Gasteiger charge is -2.11. The lowest BCUT2D eigenvalue weighted by atomic mass is 10.0. The maximum absolute atomic E-state index is 5.20. The van der Waals surface area contributed by atoms with Crippen molar-refractivity contribution in [2.75, 3.05) is 6.73 Å². The number of hydrogen-bond donors (Lipinski definition) is 1. The largest absolute Gasteiger partial charge is 0.479 e. The van der Waals surface area contributed by atoms with Crippen LogP contribution in [0.3, 0.4) is 0 Å². The Balaban J connectivity index is 2.42. The molecule has 2 nitrogen and oxygen atoms in total. The standard InChI is InChI=1S/C8H13NO/c1-7-2-4-8(5-3-7)10-6-9/h2,4-5,7H,3,6,9H2,1H3. The van der Waals surface area contributed by atoms with Crippen molar-refractivity contribution >= 4 is 0 Å². The summed E-state index contributed by atoms with van der Waals surface area (Å²) in [6, 6.07) is 0. The van der Waals surface area contributed by atoms with Gasteiger partial charge in [0.2, 0.25) is 0 Å². The summed E-state index contributed by atoms with van der Waals surface area (Å²) in [4.78, 5) is 0. The smallest absolute Gasteiger partial charge is 0.137 e. The summed E-state index contributed by atoms with van der Waals surface area (Å²) in [5.74, 6) is 1.55. The first-order valence-electron chi connectivity index (χ1n) is 3.54. The van der Waals surface area contributed by atoms with Gasteiger partial charge >= 0.3 is 0 Å². The predicted octanol–water partition coefficient (Wildman–Crippen LogP) is 1.40. The van der Waals surface area contributed by atoms with Gasteiger partial charge in [-0.3, -0.25) is 5.73 Å². The minimum atomic E-state index is 0.268. The molecule has 0 spiro atoms. The van der Waals surface area contributed by atoms with Gasteiger partial charge in [-0.15, -0.1) is 0 Å². The van der Waals surface area contributed by atoms with Crippen molar-refractivity contribution in [2.45, 2.75) is 13.3 Å². The van der Waals surface area contributed by atoms with Gasteiger partial charge < -0.3 is 4.74 Å². The van der Waals surface area contributed by atoms with E-state index in [-0.39, 0.29) is 6.73 Å². The van der Waals surface area contributed by atoms with Crippen LogP contribution in [-0.4, -0.2) is 6.73 Å². The van der Waals surface area contributed by atoms with Crippen LogP contribution in [0.25, 0.3) is 0 Å². The van der Waals surface area contributed by atoms with E-state index in [9.17, 15) is 0 Å². The van der Waals surface area contributed by atoms with E-state index in [1.807, 2.05) is 6.08 Å². The molecular formula is C8H13NO. The molecule has 1 rings (SSSR count). The van der Waals surface area contributed by atoms with E-state index in [1.165, 1.54) is 0 Å². The zero-order valence-electron chi connectivity index (χ0n) is 6.21. The zero-order chi connectivity index (χ0) is 7.40. The fourth-order valence-corrected chi connectivity index (χ4v) is 0.911. The maximum Gasteiger partial charge on any atom is 0.137 e. The highest BCUT2D eigenvalue weighted by Crippen LogP contribution is 2.15. The predicted molar refractivity (Wildman–Crippen MR) is 41.1 cm³/mol. The monoisotopic (exact) mass is 139 g/mol. The summed E-state index contributed by atoms with van der Waals surface area (Å²) in [7, 11) is 0. The molecule has 1 atom stereocenters. The fourth-order valence-electron chi connectivity index (χ4n) is 0.911. The molecule has 2 N–H and O–H groups in total. The Labute approximate surface area is 61.4 Å². The van der Waals surface area contributed by atoms with Crippen LogP contribution >= 0.6 is 0 Å². The van der Waals surface area contributed by atoms with Crippen molar-refractivity contribution in [1.82, 2.24) is 0 Å². The third-order valence-corrected chi connectivity index (χ3v) is 1.53. The molecule has 0 heterocycles. The van der Waals surface area contributed by atoms with Gasteiger partial charge in [0.15, 0.2) is 0 Å². The molecule has 0 amide bonds. The van der Waals surface area contributed by atoms with E-state index in [1.54, 1.807) is 0 Å². The van der Waals surface area contributed by atoms with Crippen LogP contribution in [0, 0.1) is 5.92 Å². The summed E-state index contributed by atoms with van der Waals surface area (Å²) in [6.07, 6.45) is 7.23. The molecule has 0 bridgehead atoms. The second-order valence-corrected chi connectivity index (χ2v) is 2.49. The number of ether oxygens (including phenoxy) is 1. The summed E-state index contributed by atoms with van der Waals surface area (Å²) < 4.78 is 5.08. The average molecular weight is 139 g/mol. The molecule has 0 aromatic rings. The Kier molecular flexibility index (Phi) is 2.51. The Morgan fingerprint density at radius 3 is 3.10 bits per heavy atom. The van der Waals surface area contributed by atoms with Crippen LogP contribution < -0.4 is 5.73 Å². The van der Waals surface area contributed by atoms with E-state index in [0.717, 1.165) is 12.2 Å². The van der Waals surface area contributed by atoms with Gasteiger partial charge in [-0.2, -0.15) is 0 Å². The van der Waals surface area contributed by atoms with Gasteiger partial charge in [-0.25, -0.2) is 0 Å². The average Bonchev–Trinajstić information content (AvgIpc) is 1.95. The van der Waals surface area contributed by atoms with Crippen molar-refractivity contribution in [2.24, 2.45) is 11.7 Å². The van der Waals surface area contributed by atoms with E-state index < -0.39 is 0 Å². The lowest BCUT2D eigenvalue weighted by Crippen LogP contribution is -2.05. The summed E-state index contributed by atoms with van der Waals surface area (Å²) >= 11 is 0. The van der Waals surface area contributed by atoms with E-state index in [2.05, 4.69) is 19.1 Å². The number of rotatable bonds is 2. The van der Waals surface area contributed by atoms with Gasteiger partial charge in [-0.05, 0) is 24.5 Å². The molecule has 10 heavy (non-hydrogen) atoms. The maximum atomic E-state index is 5.20. The third-order valence-electron chi connectivity index (χ3n) is 1.53. The molecule has 1 aliphatic carbocycles. The number of allylic oxidation sites excluding steroid dienone is 3. The minimum Gasteiger partial charge on any atom is -0.479 e. The number of hydrogen-bond acceptors (Lipinski definition) is 2. The summed E-state index contributed by atoms with van der Waals surface area (Å²) in [5.41, 5.74) is 5.20. The van der Waals surface area contributed by atoms with E-state index in [0.29, 0.717) is 5.92 Å². The second-order valence-electron chi connectivity index (χ2n) is 2.49. The summed E-state index contributed by atoms with van der Waals surface area (Å²) in [6.45, 7) is 2.44. The van der Waals surface area contributed by atoms with Crippen molar-refractivity contribution in [3.05, 3.63) is 24.0 Å². The molecular weight excluding hydrogens is 126 g/mol. The van der Waals surface area contributed by atoms with Crippen LogP contribution in [0.15, 0.2) is 24.0 Å². The lowest BCUT2D eigenvalue weighted by molar-refractivity contribution is 0.230. The fraction of sp³-hybridized carbons (Fsp3) is 0.500. The molecule has 0 saturated carbocycles. The zero-order valence-corrected chi connectivity index (χ0v) is 6.21. The highest BCUT2D eigenvalue weighted by molar-refractivity contribution is 5.17. The van der Waals surface area contributed by atoms with E-state index in [4.69, 9.17) is 10.5 Å². The van der Waals surface area contributed by atoms with Crippen molar-refractivity contribution in [3.63, 3.8) is 0 Å². The van der Waals surface area contributed by atoms with Crippen LogP contribution in [-0.2, 0) is 4.74 Å². The number of nitrogens with two attached hydrogens (primary N) is 1. The van der Waals surface area contributed by atoms with Crippen molar-refractivity contribution < 1.29 is 4.74 Å². The SMILES string of the molecule is CC1C=CC(OCN)=CC1. The molecule has 56 valence electrons. The molecule has 1 unspecified atom stereocenters. The van der Waals surface area contributed by atoms with Gasteiger partial charge in [-0.1, -0.05) is 13.0 Å². The quantitative estimate of drug-likeness (QED) is 0.587. The van der Waals surface area contributed by atoms with E-state index >= 15 is 0 Å². The van der Waals surface area contributed by atoms with Crippen LogP contribution in [0.5, 0.6) is 0 Å². The Bertz CT molecular complexity index is 161. The van der Waals surface area contributed by atoms with Crippen molar-refractivity contribution in [1.29, 1.82) is 0 Å². The molecule has 1 aliphatic rings. The first-order chi connectivity index (χ1) is 4.83. The van der Waals surface area contributed by atoms with Crippen LogP contribution in [0.2, 0.25) is 0 Å². The first-order valence-corrected chi connectivity index (χ1v) is 3.54. The van der Waals surface area contributed by atoms with Gasteiger partial charge in [0, 0.05) is 0 Å². The van der Waals surface area contributed by atoms with Crippen LogP contribution in [0.1, 0.15) is 13.3 Å². The third kappa shape index (κ3) is 1.88. The molecule has 0 saturated heterocycles.